The number of anilines is 2. The molecular formula is C32H26N4O6S3. The summed E-state index contributed by atoms with van der Waals surface area (Å²) in [7, 11) is 3.14. The number of carbonyl (C=O) groups excluding carboxylic acids is 2. The minimum Gasteiger partial charge on any atom is -0.495 e. The minimum atomic E-state index is -0.226. The van der Waals surface area contributed by atoms with Crippen LogP contribution in [0.25, 0.3) is 21.9 Å². The molecule has 228 valence electrons. The average molecular weight is 659 g/mol. The number of methoxy groups -OCH3 is 2. The van der Waals surface area contributed by atoms with Crippen molar-refractivity contribution in [1.29, 1.82) is 0 Å². The third kappa shape index (κ3) is 5.98. The number of allylic oxidation sites excluding steroid dienone is 2. The van der Waals surface area contributed by atoms with Crippen molar-refractivity contribution in [3.8, 4) is 17.2 Å². The Hall–Kier alpha value is -4.46. The van der Waals surface area contributed by atoms with E-state index in [1.54, 1.807) is 20.3 Å². The monoisotopic (exact) mass is 658 g/mol. The summed E-state index contributed by atoms with van der Waals surface area (Å²) in [5.74, 6) is 1.78. The average Bonchev–Trinajstić information content (AvgIpc) is 3.76. The maximum absolute atomic E-state index is 12.8. The highest BCUT2D eigenvalue weighted by Gasteiger charge is 2.33. The van der Waals surface area contributed by atoms with Gasteiger partial charge in [-0.25, -0.2) is 0 Å². The number of hydrogen-bond donors (Lipinski definition) is 2. The normalized spacial score (nSPS) is 16.3. The summed E-state index contributed by atoms with van der Waals surface area (Å²) in [6.07, 6.45) is 8.05. The van der Waals surface area contributed by atoms with E-state index in [-0.39, 0.29) is 35.3 Å². The van der Waals surface area contributed by atoms with Crippen LogP contribution in [0.5, 0.6) is 17.2 Å². The first kappa shape index (κ1) is 29.3. The van der Waals surface area contributed by atoms with Crippen molar-refractivity contribution in [2.24, 2.45) is 0 Å². The second kappa shape index (κ2) is 12.5. The molecule has 0 radical (unpaired) electrons. The Morgan fingerprint density at radius 2 is 1.51 bits per heavy atom. The van der Waals surface area contributed by atoms with Gasteiger partial charge in [0.25, 0.3) is 0 Å². The van der Waals surface area contributed by atoms with Gasteiger partial charge in [0.2, 0.25) is 11.8 Å². The number of furan rings is 1. The largest absolute Gasteiger partial charge is 0.495 e. The van der Waals surface area contributed by atoms with Crippen molar-refractivity contribution in [2.45, 2.75) is 20.7 Å². The molecule has 0 spiro atoms. The zero-order valence-electron chi connectivity index (χ0n) is 24.1. The number of nitrogens with zero attached hydrogens (tertiary/aromatic N) is 2. The first-order valence-electron chi connectivity index (χ1n) is 13.9. The van der Waals surface area contributed by atoms with E-state index in [2.05, 4.69) is 26.9 Å². The highest BCUT2D eigenvalue weighted by Crippen LogP contribution is 2.46. The Morgan fingerprint density at radius 3 is 2.24 bits per heavy atom. The number of fused-ring (bicyclic) bond motifs is 6. The van der Waals surface area contributed by atoms with Gasteiger partial charge in [0, 0.05) is 34.4 Å². The molecule has 0 saturated heterocycles. The van der Waals surface area contributed by atoms with Gasteiger partial charge in [0.15, 0.2) is 8.68 Å². The van der Waals surface area contributed by atoms with Crippen LogP contribution < -0.4 is 24.8 Å². The molecule has 0 fully saturated rings. The third-order valence-electron chi connectivity index (χ3n) is 7.33. The van der Waals surface area contributed by atoms with Crippen molar-refractivity contribution >= 4 is 80.0 Å². The van der Waals surface area contributed by atoms with Crippen molar-refractivity contribution in [3.05, 3.63) is 78.4 Å². The van der Waals surface area contributed by atoms with Crippen molar-refractivity contribution < 1.29 is 28.2 Å². The van der Waals surface area contributed by atoms with Crippen LogP contribution in [0, 0.1) is 0 Å². The summed E-state index contributed by atoms with van der Waals surface area (Å²) in [5.41, 5.74) is 3.52. The van der Waals surface area contributed by atoms with Crippen LogP contribution in [0.1, 0.15) is 11.5 Å². The quantitative estimate of drug-likeness (QED) is 0.153. The number of hydrogen-bond acceptors (Lipinski definition) is 11. The lowest BCUT2D eigenvalue weighted by Gasteiger charge is -2.14. The van der Waals surface area contributed by atoms with E-state index in [1.807, 2.05) is 60.7 Å². The van der Waals surface area contributed by atoms with Gasteiger partial charge in [0.05, 0.1) is 37.1 Å². The maximum Gasteiger partial charge on any atom is 0.234 e. The van der Waals surface area contributed by atoms with Gasteiger partial charge in [-0.1, -0.05) is 71.3 Å². The van der Waals surface area contributed by atoms with Crippen LogP contribution in [0.3, 0.4) is 0 Å². The number of nitrogens with one attached hydrogen (secondary N) is 2. The van der Waals surface area contributed by atoms with Crippen LogP contribution in [0.15, 0.2) is 85.9 Å². The molecule has 7 rings (SSSR count). The summed E-state index contributed by atoms with van der Waals surface area (Å²) < 4.78 is 24.4. The van der Waals surface area contributed by atoms with E-state index in [4.69, 9.17) is 18.6 Å². The molecular weight excluding hydrogens is 633 g/mol. The molecule has 2 atom stereocenters. The lowest BCUT2D eigenvalue weighted by Crippen LogP contribution is -2.15. The summed E-state index contributed by atoms with van der Waals surface area (Å²) in [5, 5.41) is 16.1. The van der Waals surface area contributed by atoms with E-state index >= 15 is 0 Å². The number of aromatic nitrogens is 2. The Labute approximate surface area is 270 Å². The van der Waals surface area contributed by atoms with Crippen LogP contribution in [-0.4, -0.2) is 53.8 Å². The SMILES string of the molecule is COc1cc2c(cc1NC(=O)CSc1nnc(SCC(=O)Nc3cc4oc5ccccc5c4cc3OC)s1)OC1C=CC=CC21. The van der Waals surface area contributed by atoms with Crippen molar-refractivity contribution in [2.75, 3.05) is 36.4 Å². The molecule has 10 nitrogen and oxygen atoms in total. The topological polar surface area (TPSA) is 125 Å². The smallest absolute Gasteiger partial charge is 0.234 e. The molecule has 0 saturated carbocycles. The molecule has 45 heavy (non-hydrogen) atoms. The molecule has 2 amide bonds. The Morgan fingerprint density at radius 1 is 0.844 bits per heavy atom. The van der Waals surface area contributed by atoms with E-state index in [0.29, 0.717) is 37.1 Å². The number of amides is 2. The molecule has 13 heteroatoms. The lowest BCUT2D eigenvalue weighted by atomic mass is 9.92. The van der Waals surface area contributed by atoms with E-state index < -0.39 is 0 Å². The highest BCUT2D eigenvalue weighted by atomic mass is 32.2. The summed E-state index contributed by atoms with van der Waals surface area (Å²) in [6, 6.07) is 15.1. The first-order chi connectivity index (χ1) is 22.0. The second-order valence-corrected chi connectivity index (χ2v) is 13.5. The second-order valence-electron chi connectivity index (χ2n) is 10.1. The first-order valence-corrected chi connectivity index (χ1v) is 16.7. The van der Waals surface area contributed by atoms with Gasteiger partial charge >= 0.3 is 0 Å². The van der Waals surface area contributed by atoms with E-state index in [9.17, 15) is 9.59 Å². The predicted octanol–water partition coefficient (Wildman–Crippen LogP) is 6.89. The van der Waals surface area contributed by atoms with Gasteiger partial charge < -0.3 is 29.3 Å². The van der Waals surface area contributed by atoms with E-state index in [1.165, 1.54) is 34.9 Å². The molecule has 3 aromatic carbocycles. The van der Waals surface area contributed by atoms with Crippen LogP contribution >= 0.6 is 34.9 Å². The number of carbonyl (C=O) groups is 2. The Balaban J connectivity index is 0.930. The zero-order chi connectivity index (χ0) is 30.9. The molecule has 3 heterocycles. The highest BCUT2D eigenvalue weighted by molar-refractivity contribution is 8.03. The third-order valence-corrected chi connectivity index (χ3v) is 10.5. The van der Waals surface area contributed by atoms with Crippen molar-refractivity contribution in [1.82, 2.24) is 10.2 Å². The van der Waals surface area contributed by atoms with Gasteiger partial charge in [-0.05, 0) is 24.3 Å². The molecule has 2 aliphatic rings. The fourth-order valence-electron chi connectivity index (χ4n) is 5.29. The molecule has 1 aliphatic carbocycles. The van der Waals surface area contributed by atoms with Gasteiger partial charge in [-0.2, -0.15) is 0 Å². The molecule has 5 aromatic rings. The summed E-state index contributed by atoms with van der Waals surface area (Å²) in [6.45, 7) is 0. The Kier molecular flexibility index (Phi) is 8.13. The number of thioether (sulfide) groups is 2. The van der Waals surface area contributed by atoms with Gasteiger partial charge in [0.1, 0.15) is 34.5 Å². The lowest BCUT2D eigenvalue weighted by molar-refractivity contribution is -0.114. The standard InChI is InChI=1S/C32H26N4O6S3/c1-39-27-11-19-17-7-3-5-9-23(17)41-25(19)13-21(27)33-29(37)15-43-31-35-36-32(45-31)44-16-30(38)34-22-14-26-20(12-28(22)40-2)18-8-4-6-10-24(18)42-26/h3-14,17,23H,15-16H2,1-2H3,(H,33,37)(H,34,38). The molecule has 2 unspecified atom stereocenters. The van der Waals surface area contributed by atoms with Gasteiger partial charge in [-0.3, -0.25) is 9.59 Å². The molecule has 0 bridgehead atoms. The number of rotatable bonds is 10. The number of ether oxygens (including phenoxy) is 3. The molecule has 1 aliphatic heterocycles. The summed E-state index contributed by atoms with van der Waals surface area (Å²) >= 11 is 3.86. The zero-order valence-corrected chi connectivity index (χ0v) is 26.5. The van der Waals surface area contributed by atoms with Crippen molar-refractivity contribution in [3.63, 3.8) is 0 Å². The van der Waals surface area contributed by atoms with Crippen LogP contribution in [-0.2, 0) is 9.59 Å². The maximum atomic E-state index is 12.8. The minimum absolute atomic E-state index is 0.0540. The number of benzene rings is 3. The van der Waals surface area contributed by atoms with E-state index in [0.717, 1.165) is 27.7 Å². The summed E-state index contributed by atoms with van der Waals surface area (Å²) in [4.78, 5) is 25.6. The fourth-order valence-corrected chi connectivity index (χ4v) is 7.91. The fraction of sp³-hybridized carbons (Fsp3) is 0.188. The predicted molar refractivity (Wildman–Crippen MR) is 177 cm³/mol. The van der Waals surface area contributed by atoms with Crippen LogP contribution in [0.4, 0.5) is 11.4 Å². The molecule has 2 N–H and O–H groups in total. The number of para-hydroxylation sites is 1. The Bertz CT molecular complexity index is 2000. The molecule has 2 aromatic heterocycles. The van der Waals surface area contributed by atoms with Crippen LogP contribution in [0.2, 0.25) is 0 Å². The van der Waals surface area contributed by atoms with Gasteiger partial charge in [-0.15, -0.1) is 10.2 Å².